The van der Waals surface area contributed by atoms with Gasteiger partial charge in [-0.05, 0) is 111 Å². The number of carbonyl (C=O) groups excluding carboxylic acids is 1. The maximum atomic E-state index is 12.8. The molecule has 0 amide bonds. The first-order chi connectivity index (χ1) is 14.4. The standard InChI is InChI=1S/C30H46O/c1-20(2)9-8-10-21(3)22-13-15-28(7)24-12-11-23-26(4,5)25(31)14-16-29(23)19-30(24,29)18-17-27(22,28)6/h8-10,21-24H,11-19H2,1-7H3/b10-8-/t21-,22-,23-,24+,27-,28+,29-,30+/m1/s1. The molecule has 31 heavy (non-hydrogen) atoms. The van der Waals surface area contributed by atoms with Gasteiger partial charge >= 0.3 is 0 Å². The molecule has 0 heterocycles. The highest BCUT2D eigenvalue weighted by Gasteiger charge is 2.82. The summed E-state index contributed by atoms with van der Waals surface area (Å²) in [6, 6.07) is 0. The molecule has 0 unspecified atom stereocenters. The van der Waals surface area contributed by atoms with Crippen molar-refractivity contribution >= 4 is 5.78 Å². The van der Waals surface area contributed by atoms with E-state index in [0.29, 0.717) is 39.3 Å². The Morgan fingerprint density at radius 1 is 0.903 bits per heavy atom. The van der Waals surface area contributed by atoms with E-state index in [4.69, 9.17) is 0 Å². The van der Waals surface area contributed by atoms with Gasteiger partial charge in [0.15, 0.2) is 0 Å². The van der Waals surface area contributed by atoms with Crippen molar-refractivity contribution in [2.45, 2.75) is 106 Å². The number of hydrogen-bond acceptors (Lipinski definition) is 1. The van der Waals surface area contributed by atoms with E-state index in [1.165, 1.54) is 56.9 Å². The van der Waals surface area contributed by atoms with Crippen molar-refractivity contribution in [3.63, 3.8) is 0 Å². The van der Waals surface area contributed by atoms with Gasteiger partial charge in [0.2, 0.25) is 0 Å². The quantitative estimate of drug-likeness (QED) is 0.419. The minimum absolute atomic E-state index is 0.0865. The lowest BCUT2D eigenvalue weighted by Crippen LogP contribution is -2.57. The van der Waals surface area contributed by atoms with E-state index in [9.17, 15) is 4.79 Å². The average molecular weight is 423 g/mol. The van der Waals surface area contributed by atoms with Gasteiger partial charge in [0.05, 0.1) is 0 Å². The fraction of sp³-hybridized carbons (Fsp3) is 0.833. The van der Waals surface area contributed by atoms with Crippen LogP contribution in [0.15, 0.2) is 23.8 Å². The van der Waals surface area contributed by atoms with Crippen LogP contribution in [0.2, 0.25) is 0 Å². The summed E-state index contributed by atoms with van der Waals surface area (Å²) in [6.07, 6.45) is 18.9. The Morgan fingerprint density at radius 3 is 2.29 bits per heavy atom. The van der Waals surface area contributed by atoms with Gasteiger partial charge in [-0.25, -0.2) is 0 Å². The highest BCUT2D eigenvalue weighted by molar-refractivity contribution is 5.86. The second-order valence-corrected chi connectivity index (χ2v) is 13.8. The molecule has 0 saturated heterocycles. The van der Waals surface area contributed by atoms with Crippen LogP contribution in [0.5, 0.6) is 0 Å². The summed E-state index contributed by atoms with van der Waals surface area (Å²) in [4.78, 5) is 12.8. The van der Waals surface area contributed by atoms with E-state index in [0.717, 1.165) is 18.3 Å². The molecule has 0 aliphatic heterocycles. The van der Waals surface area contributed by atoms with Crippen LogP contribution in [0.3, 0.4) is 0 Å². The predicted octanol–water partition coefficient (Wildman–Crippen LogP) is 8.15. The van der Waals surface area contributed by atoms with Crippen LogP contribution in [0.25, 0.3) is 0 Å². The van der Waals surface area contributed by atoms with Gasteiger partial charge in [-0.1, -0.05) is 58.4 Å². The van der Waals surface area contributed by atoms with Crippen molar-refractivity contribution in [3.8, 4) is 0 Å². The fourth-order valence-electron chi connectivity index (χ4n) is 10.6. The second kappa shape index (κ2) is 6.60. The van der Waals surface area contributed by atoms with Gasteiger partial charge in [-0.3, -0.25) is 4.79 Å². The third-order valence-electron chi connectivity index (χ3n) is 12.4. The zero-order valence-electron chi connectivity index (χ0n) is 21.3. The molecule has 8 atom stereocenters. The molecule has 1 heteroatoms. The van der Waals surface area contributed by atoms with Crippen molar-refractivity contribution in [1.29, 1.82) is 0 Å². The SMILES string of the molecule is CC(C)=C/C=C\[C@@H](C)[C@H]1CC[C@@]2(C)[C@@H]3CC[C@@H]4C(C)(C)C(=O)CC[C@@]45C[C@@]35CC[C@]12C. The van der Waals surface area contributed by atoms with Gasteiger partial charge in [-0.2, -0.15) is 0 Å². The zero-order valence-corrected chi connectivity index (χ0v) is 21.3. The van der Waals surface area contributed by atoms with Gasteiger partial charge in [0.1, 0.15) is 5.78 Å². The van der Waals surface area contributed by atoms with E-state index in [1.807, 2.05) is 0 Å². The van der Waals surface area contributed by atoms with Gasteiger partial charge in [0, 0.05) is 11.8 Å². The first kappa shape index (κ1) is 22.0. The number of allylic oxidation sites excluding steroid dienone is 4. The van der Waals surface area contributed by atoms with Crippen molar-refractivity contribution in [1.82, 2.24) is 0 Å². The molecule has 5 aliphatic carbocycles. The molecule has 5 fully saturated rings. The summed E-state index contributed by atoms with van der Waals surface area (Å²) in [5, 5.41) is 0. The van der Waals surface area contributed by atoms with E-state index in [-0.39, 0.29) is 5.41 Å². The Balaban J connectivity index is 1.45. The molecule has 0 N–H and O–H groups in total. The predicted molar refractivity (Wildman–Crippen MR) is 130 cm³/mol. The van der Waals surface area contributed by atoms with Crippen molar-refractivity contribution in [3.05, 3.63) is 23.8 Å². The fourth-order valence-corrected chi connectivity index (χ4v) is 10.6. The number of rotatable bonds is 3. The van der Waals surface area contributed by atoms with Crippen molar-refractivity contribution in [2.75, 3.05) is 0 Å². The third-order valence-corrected chi connectivity index (χ3v) is 12.4. The molecular formula is C30H46O. The summed E-state index contributed by atoms with van der Waals surface area (Å²) >= 11 is 0. The van der Waals surface area contributed by atoms with Crippen LogP contribution in [0.4, 0.5) is 0 Å². The molecule has 2 spiro atoms. The molecule has 5 aliphatic rings. The van der Waals surface area contributed by atoms with Gasteiger partial charge in [0.25, 0.3) is 0 Å². The Hall–Kier alpha value is -0.850. The lowest BCUT2D eigenvalue weighted by Gasteiger charge is -2.62. The highest BCUT2D eigenvalue weighted by Crippen LogP contribution is 2.88. The monoisotopic (exact) mass is 422 g/mol. The molecule has 172 valence electrons. The van der Waals surface area contributed by atoms with Crippen molar-refractivity contribution < 1.29 is 4.79 Å². The molecule has 5 rings (SSSR count). The molecule has 0 aromatic rings. The molecule has 0 bridgehead atoms. The van der Waals surface area contributed by atoms with Crippen LogP contribution in [-0.2, 0) is 4.79 Å². The first-order valence-corrected chi connectivity index (χ1v) is 13.3. The lowest BCUT2D eigenvalue weighted by molar-refractivity contribution is -0.156. The smallest absolute Gasteiger partial charge is 0.138 e. The molecule has 1 nitrogen and oxygen atoms in total. The van der Waals surface area contributed by atoms with E-state index < -0.39 is 0 Å². The lowest BCUT2D eigenvalue weighted by atomic mass is 9.42. The number of ketones is 1. The number of carbonyl (C=O) groups is 1. The minimum Gasteiger partial charge on any atom is -0.299 e. The average Bonchev–Trinajstić information content (AvgIpc) is 3.27. The Labute approximate surface area is 191 Å². The number of fused-ring (bicyclic) bond motifs is 2. The molecule has 0 radical (unpaired) electrons. The Kier molecular flexibility index (Phi) is 4.68. The summed E-state index contributed by atoms with van der Waals surface area (Å²) in [6.45, 7) is 16.8. The third kappa shape index (κ3) is 2.59. The van der Waals surface area contributed by atoms with Crippen molar-refractivity contribution in [2.24, 2.45) is 50.7 Å². The minimum atomic E-state index is -0.0865. The van der Waals surface area contributed by atoms with Gasteiger partial charge in [-0.15, -0.1) is 0 Å². The van der Waals surface area contributed by atoms with E-state index in [2.05, 4.69) is 66.7 Å². The number of Topliss-reactive ketones (excluding diaryl/α,β-unsaturated/α-hetero) is 1. The molecule has 0 aromatic heterocycles. The molecule has 5 saturated carbocycles. The van der Waals surface area contributed by atoms with Crippen LogP contribution in [0.1, 0.15) is 106 Å². The zero-order chi connectivity index (χ0) is 22.4. The number of hydrogen-bond donors (Lipinski definition) is 0. The van der Waals surface area contributed by atoms with E-state index in [1.54, 1.807) is 0 Å². The summed E-state index contributed by atoms with van der Waals surface area (Å²) in [5.74, 6) is 3.56. The second-order valence-electron chi connectivity index (χ2n) is 13.8. The maximum Gasteiger partial charge on any atom is 0.138 e. The first-order valence-electron chi connectivity index (χ1n) is 13.3. The highest BCUT2D eigenvalue weighted by atomic mass is 16.1. The Morgan fingerprint density at radius 2 is 1.58 bits per heavy atom. The van der Waals surface area contributed by atoms with Gasteiger partial charge < -0.3 is 0 Å². The molecule has 0 aromatic carbocycles. The molecular weight excluding hydrogens is 376 g/mol. The Bertz CT molecular complexity index is 842. The van der Waals surface area contributed by atoms with Crippen LogP contribution >= 0.6 is 0 Å². The summed E-state index contributed by atoms with van der Waals surface area (Å²) in [5.41, 5.74) is 3.32. The van der Waals surface area contributed by atoms with Crippen LogP contribution < -0.4 is 0 Å². The largest absolute Gasteiger partial charge is 0.299 e. The van der Waals surface area contributed by atoms with E-state index >= 15 is 0 Å². The maximum absolute atomic E-state index is 12.8. The summed E-state index contributed by atoms with van der Waals surface area (Å²) in [7, 11) is 0. The summed E-state index contributed by atoms with van der Waals surface area (Å²) < 4.78 is 0. The topological polar surface area (TPSA) is 17.1 Å². The van der Waals surface area contributed by atoms with Crippen LogP contribution in [0, 0.1) is 50.7 Å². The van der Waals surface area contributed by atoms with Crippen LogP contribution in [-0.4, -0.2) is 5.78 Å². The normalized spacial score (nSPS) is 50.8.